The topological polar surface area (TPSA) is 56.8 Å². The molecule has 2 fully saturated rings. The molecule has 2 amide bonds. The van der Waals surface area contributed by atoms with Crippen LogP contribution in [0.3, 0.4) is 0 Å². The Morgan fingerprint density at radius 3 is 2.54 bits per heavy atom. The zero-order chi connectivity index (χ0) is 24.6. The van der Waals surface area contributed by atoms with Gasteiger partial charge in [-0.25, -0.2) is 4.79 Å². The second-order valence-corrected chi connectivity index (χ2v) is 9.73. The standard InChI is InChI=1S/C26H31F3N4O2/c1-32-11-13-33(14-12-32)25(34)30-16-19-8-9-20-23(17-5-3-2-4-6-17)31-22-10-7-18(26(27,28)29)15-21(22)24(20)35-19/h2-7,10,15,19-20,23-24,31H,8-9,11-14,16H2,1H3,(H,30,34)/t19-,20+,23+,24+/m1/s1. The predicted octanol–water partition coefficient (Wildman–Crippen LogP) is 4.67. The van der Waals surface area contributed by atoms with Gasteiger partial charge in [-0.3, -0.25) is 0 Å². The van der Waals surface area contributed by atoms with Gasteiger partial charge in [0.15, 0.2) is 0 Å². The lowest BCUT2D eigenvalue weighted by Crippen LogP contribution is -2.52. The fraction of sp³-hybridized carbons (Fsp3) is 0.500. The number of nitrogens with zero attached hydrogens (tertiary/aromatic N) is 2. The number of urea groups is 1. The normalized spacial score (nSPS) is 26.9. The molecule has 2 aromatic carbocycles. The van der Waals surface area contributed by atoms with E-state index in [4.69, 9.17) is 4.74 Å². The lowest BCUT2D eigenvalue weighted by Gasteiger charge is -2.46. The molecule has 35 heavy (non-hydrogen) atoms. The van der Waals surface area contributed by atoms with Gasteiger partial charge in [0.2, 0.25) is 0 Å². The average molecular weight is 489 g/mol. The molecule has 2 N–H and O–H groups in total. The summed E-state index contributed by atoms with van der Waals surface area (Å²) < 4.78 is 46.9. The zero-order valence-electron chi connectivity index (χ0n) is 19.7. The summed E-state index contributed by atoms with van der Waals surface area (Å²) in [4.78, 5) is 16.6. The van der Waals surface area contributed by atoms with E-state index >= 15 is 0 Å². The number of carbonyl (C=O) groups is 1. The smallest absolute Gasteiger partial charge is 0.378 e. The van der Waals surface area contributed by atoms with Gasteiger partial charge in [0, 0.05) is 49.9 Å². The zero-order valence-corrected chi connectivity index (χ0v) is 19.7. The number of alkyl halides is 3. The molecule has 0 spiro atoms. The first kappa shape index (κ1) is 23.9. The van der Waals surface area contributed by atoms with Gasteiger partial charge in [-0.1, -0.05) is 30.3 Å². The van der Waals surface area contributed by atoms with Crippen LogP contribution >= 0.6 is 0 Å². The summed E-state index contributed by atoms with van der Waals surface area (Å²) >= 11 is 0. The van der Waals surface area contributed by atoms with Crippen LogP contribution in [0.1, 0.15) is 41.7 Å². The molecule has 188 valence electrons. The minimum atomic E-state index is -4.43. The van der Waals surface area contributed by atoms with Gasteiger partial charge in [0.25, 0.3) is 0 Å². The van der Waals surface area contributed by atoms with Crippen LogP contribution in [0.2, 0.25) is 0 Å². The van der Waals surface area contributed by atoms with E-state index in [1.807, 2.05) is 37.4 Å². The number of carbonyl (C=O) groups excluding carboxylic acids is 1. The van der Waals surface area contributed by atoms with Gasteiger partial charge in [0.1, 0.15) is 0 Å². The molecule has 0 aromatic heterocycles. The number of likely N-dealkylation sites (N-methyl/N-ethyl adjacent to an activating group) is 1. The van der Waals surface area contributed by atoms with Crippen molar-refractivity contribution in [3.8, 4) is 0 Å². The highest BCUT2D eigenvalue weighted by Crippen LogP contribution is 2.51. The molecule has 0 radical (unpaired) electrons. The summed E-state index contributed by atoms with van der Waals surface area (Å²) in [6.45, 7) is 3.37. The van der Waals surface area contributed by atoms with E-state index in [2.05, 4.69) is 15.5 Å². The maximum atomic E-state index is 13.5. The van der Waals surface area contributed by atoms with E-state index in [-0.39, 0.29) is 24.1 Å². The van der Waals surface area contributed by atoms with Gasteiger partial charge in [-0.05, 0) is 43.7 Å². The third kappa shape index (κ3) is 5.11. The summed E-state index contributed by atoms with van der Waals surface area (Å²) in [6, 6.07) is 13.6. The maximum Gasteiger partial charge on any atom is 0.416 e. The first-order valence-electron chi connectivity index (χ1n) is 12.2. The summed E-state index contributed by atoms with van der Waals surface area (Å²) in [5, 5.41) is 6.46. The Balaban J connectivity index is 1.35. The Labute approximate surface area is 203 Å². The molecule has 9 heteroatoms. The SMILES string of the molecule is CN1CCN(C(=O)NC[C@H]2CC[C@@H]3[C@H](O2)c2cc(C(F)(F)F)ccc2N[C@H]3c2ccccc2)CC1. The summed E-state index contributed by atoms with van der Waals surface area (Å²) in [5.74, 6) is -0.0158. The van der Waals surface area contributed by atoms with Gasteiger partial charge >= 0.3 is 12.2 Å². The number of nitrogens with one attached hydrogen (secondary N) is 2. The minimum Gasteiger partial charge on any atom is -0.378 e. The Morgan fingerprint density at radius 2 is 1.83 bits per heavy atom. The molecule has 0 unspecified atom stereocenters. The van der Waals surface area contributed by atoms with Crippen LogP contribution < -0.4 is 10.6 Å². The molecule has 3 aliphatic rings. The second-order valence-electron chi connectivity index (χ2n) is 9.73. The van der Waals surface area contributed by atoms with Crippen molar-refractivity contribution in [2.75, 3.05) is 45.1 Å². The molecule has 3 heterocycles. The highest BCUT2D eigenvalue weighted by Gasteiger charge is 2.43. The number of rotatable bonds is 3. The van der Waals surface area contributed by atoms with Crippen LogP contribution in [0.15, 0.2) is 48.5 Å². The fourth-order valence-electron chi connectivity index (χ4n) is 5.40. The van der Waals surface area contributed by atoms with Crippen molar-refractivity contribution in [3.63, 3.8) is 0 Å². The lowest BCUT2D eigenvalue weighted by atomic mass is 9.76. The van der Waals surface area contributed by atoms with E-state index in [9.17, 15) is 18.0 Å². The Morgan fingerprint density at radius 1 is 1.09 bits per heavy atom. The summed E-state index contributed by atoms with van der Waals surface area (Å²) in [6.07, 6.45) is -3.67. The molecule has 2 saturated heterocycles. The molecule has 3 aliphatic heterocycles. The Hall–Kier alpha value is -2.78. The summed E-state index contributed by atoms with van der Waals surface area (Å²) in [7, 11) is 2.03. The van der Waals surface area contributed by atoms with Crippen LogP contribution in [0.4, 0.5) is 23.7 Å². The van der Waals surface area contributed by atoms with Gasteiger partial charge in [0.05, 0.1) is 23.8 Å². The number of halogens is 3. The minimum absolute atomic E-state index is 0.0158. The molecule has 2 aromatic rings. The predicted molar refractivity (Wildman–Crippen MR) is 127 cm³/mol. The molecule has 0 aliphatic carbocycles. The van der Waals surface area contributed by atoms with Gasteiger partial charge < -0.3 is 25.2 Å². The molecular formula is C26H31F3N4O2. The lowest BCUT2D eigenvalue weighted by molar-refractivity contribution is -0.138. The first-order chi connectivity index (χ1) is 16.8. The van der Waals surface area contributed by atoms with E-state index in [0.29, 0.717) is 30.9 Å². The number of anilines is 1. The molecule has 5 rings (SSSR count). The molecule has 0 saturated carbocycles. The van der Waals surface area contributed by atoms with Gasteiger partial charge in [-0.15, -0.1) is 0 Å². The van der Waals surface area contributed by atoms with Crippen LogP contribution in [-0.2, 0) is 10.9 Å². The number of benzene rings is 2. The number of fused-ring (bicyclic) bond motifs is 3. The van der Waals surface area contributed by atoms with Crippen molar-refractivity contribution in [2.45, 2.75) is 37.3 Å². The van der Waals surface area contributed by atoms with Crippen LogP contribution in [-0.4, -0.2) is 61.7 Å². The number of piperazine rings is 1. The fourth-order valence-corrected chi connectivity index (χ4v) is 5.40. The van der Waals surface area contributed by atoms with Crippen LogP contribution in [0, 0.1) is 5.92 Å². The van der Waals surface area contributed by atoms with Crippen LogP contribution in [0.25, 0.3) is 0 Å². The van der Waals surface area contributed by atoms with Crippen molar-refractivity contribution >= 4 is 11.7 Å². The monoisotopic (exact) mass is 488 g/mol. The second kappa shape index (κ2) is 9.70. The van der Waals surface area contributed by atoms with Crippen LogP contribution in [0.5, 0.6) is 0 Å². The molecule has 4 atom stereocenters. The van der Waals surface area contributed by atoms with Crippen molar-refractivity contribution in [3.05, 3.63) is 65.2 Å². The van der Waals surface area contributed by atoms with E-state index in [1.165, 1.54) is 12.1 Å². The van der Waals surface area contributed by atoms with E-state index < -0.39 is 17.8 Å². The number of hydrogen-bond acceptors (Lipinski definition) is 4. The average Bonchev–Trinajstić information content (AvgIpc) is 2.86. The van der Waals surface area contributed by atoms with Crippen molar-refractivity contribution in [1.29, 1.82) is 0 Å². The number of hydrogen-bond donors (Lipinski definition) is 2. The highest BCUT2D eigenvalue weighted by molar-refractivity contribution is 5.74. The van der Waals surface area contributed by atoms with E-state index in [1.54, 1.807) is 4.90 Å². The van der Waals surface area contributed by atoms with Crippen molar-refractivity contribution < 1.29 is 22.7 Å². The maximum absolute atomic E-state index is 13.5. The molecule has 6 nitrogen and oxygen atoms in total. The largest absolute Gasteiger partial charge is 0.416 e. The third-order valence-electron chi connectivity index (χ3n) is 7.40. The molecular weight excluding hydrogens is 457 g/mol. The van der Waals surface area contributed by atoms with Crippen molar-refractivity contribution in [2.24, 2.45) is 5.92 Å². The molecule has 0 bridgehead atoms. The Kier molecular flexibility index (Phi) is 6.63. The third-order valence-corrected chi connectivity index (χ3v) is 7.40. The van der Waals surface area contributed by atoms with Crippen molar-refractivity contribution in [1.82, 2.24) is 15.1 Å². The number of amides is 2. The number of ether oxygens (including phenoxy) is 1. The Bertz CT molecular complexity index is 1040. The quantitative estimate of drug-likeness (QED) is 0.660. The first-order valence-corrected chi connectivity index (χ1v) is 12.2. The van der Waals surface area contributed by atoms with Gasteiger partial charge in [-0.2, -0.15) is 13.2 Å². The summed E-state index contributed by atoms with van der Waals surface area (Å²) in [5.41, 5.74) is 1.60. The van der Waals surface area contributed by atoms with E-state index in [0.717, 1.165) is 37.6 Å². The highest BCUT2D eigenvalue weighted by atomic mass is 19.4.